The Morgan fingerprint density at radius 1 is 1.12 bits per heavy atom. The molecule has 0 radical (unpaired) electrons. The summed E-state index contributed by atoms with van der Waals surface area (Å²) in [7, 11) is 0. The highest BCUT2D eigenvalue weighted by Crippen LogP contribution is 2.28. The van der Waals surface area contributed by atoms with Crippen molar-refractivity contribution in [3.63, 3.8) is 0 Å². The van der Waals surface area contributed by atoms with Crippen LogP contribution in [0.5, 0.6) is 0 Å². The van der Waals surface area contributed by atoms with Crippen LogP contribution >= 0.6 is 15.9 Å². The van der Waals surface area contributed by atoms with Crippen LogP contribution in [0.2, 0.25) is 0 Å². The number of fused-ring (bicyclic) bond motifs is 1. The molecule has 1 aliphatic carbocycles. The Hall–Kier alpha value is -2.20. The second-order valence-corrected chi connectivity index (χ2v) is 7.96. The largest absolute Gasteiger partial charge is 0.349 e. The van der Waals surface area contributed by atoms with Gasteiger partial charge in [0, 0.05) is 21.5 Å². The van der Waals surface area contributed by atoms with E-state index in [2.05, 4.69) is 40.3 Å². The van der Waals surface area contributed by atoms with E-state index < -0.39 is 0 Å². The van der Waals surface area contributed by atoms with Gasteiger partial charge in [-0.15, -0.1) is 0 Å². The monoisotopic (exact) mass is 408 g/mol. The molecular formula is C22H21BrN2O. The van der Waals surface area contributed by atoms with Gasteiger partial charge in [0.25, 0.3) is 5.91 Å². The zero-order valence-corrected chi connectivity index (χ0v) is 16.3. The minimum absolute atomic E-state index is 0.00342. The van der Waals surface area contributed by atoms with E-state index >= 15 is 0 Å². The second-order valence-electron chi connectivity index (χ2n) is 7.04. The number of benzene rings is 2. The predicted octanol–water partition coefficient (Wildman–Crippen LogP) is 5.65. The van der Waals surface area contributed by atoms with Crippen LogP contribution in [0.25, 0.3) is 22.2 Å². The third-order valence-electron chi connectivity index (χ3n) is 5.02. The Morgan fingerprint density at radius 2 is 1.92 bits per heavy atom. The molecule has 3 aromatic rings. The number of carbonyl (C=O) groups excluding carboxylic acids is 1. The molecule has 1 heterocycles. The van der Waals surface area contributed by atoms with Crippen molar-refractivity contribution in [3.8, 4) is 11.3 Å². The molecule has 4 rings (SSSR count). The highest BCUT2D eigenvalue weighted by molar-refractivity contribution is 9.10. The van der Waals surface area contributed by atoms with Gasteiger partial charge in [0.15, 0.2) is 0 Å². The van der Waals surface area contributed by atoms with E-state index in [1.165, 1.54) is 18.4 Å². The lowest BCUT2D eigenvalue weighted by molar-refractivity contribution is 0.0939. The molecule has 1 aromatic heterocycles. The molecule has 26 heavy (non-hydrogen) atoms. The van der Waals surface area contributed by atoms with Crippen LogP contribution in [-0.2, 0) is 0 Å². The molecule has 1 saturated carbocycles. The first-order valence-electron chi connectivity index (χ1n) is 9.08. The van der Waals surface area contributed by atoms with E-state index in [1.54, 1.807) is 0 Å². The number of aromatic nitrogens is 1. The van der Waals surface area contributed by atoms with Crippen molar-refractivity contribution in [2.75, 3.05) is 0 Å². The second kappa shape index (κ2) is 7.20. The quantitative estimate of drug-likeness (QED) is 0.608. The summed E-state index contributed by atoms with van der Waals surface area (Å²) in [4.78, 5) is 17.8. The number of nitrogens with one attached hydrogen (secondary N) is 1. The minimum atomic E-state index is -0.00342. The van der Waals surface area contributed by atoms with Gasteiger partial charge in [-0.1, -0.05) is 52.5 Å². The van der Waals surface area contributed by atoms with Crippen molar-refractivity contribution in [2.24, 2.45) is 0 Å². The maximum Gasteiger partial charge on any atom is 0.252 e. The molecule has 2 aromatic carbocycles. The molecule has 0 aliphatic heterocycles. The Labute approximate surface area is 162 Å². The van der Waals surface area contributed by atoms with Gasteiger partial charge in [-0.3, -0.25) is 4.79 Å². The van der Waals surface area contributed by atoms with Crippen LogP contribution in [-0.4, -0.2) is 16.9 Å². The van der Waals surface area contributed by atoms with E-state index in [9.17, 15) is 4.79 Å². The molecule has 1 fully saturated rings. The van der Waals surface area contributed by atoms with Crippen LogP contribution in [0.15, 0.2) is 53.0 Å². The summed E-state index contributed by atoms with van der Waals surface area (Å²) >= 11 is 3.52. The number of aryl methyl sites for hydroxylation is 1. The van der Waals surface area contributed by atoms with E-state index in [4.69, 9.17) is 4.98 Å². The van der Waals surface area contributed by atoms with Gasteiger partial charge < -0.3 is 5.32 Å². The molecule has 0 atom stereocenters. The van der Waals surface area contributed by atoms with E-state index in [-0.39, 0.29) is 5.91 Å². The van der Waals surface area contributed by atoms with Crippen molar-refractivity contribution >= 4 is 32.7 Å². The normalized spacial score (nSPS) is 14.7. The van der Waals surface area contributed by atoms with Crippen molar-refractivity contribution in [1.82, 2.24) is 10.3 Å². The zero-order valence-electron chi connectivity index (χ0n) is 14.8. The number of nitrogens with zero attached hydrogens (tertiary/aromatic N) is 1. The summed E-state index contributed by atoms with van der Waals surface area (Å²) in [6, 6.07) is 16.4. The molecule has 0 saturated heterocycles. The molecule has 0 spiro atoms. The lowest BCUT2D eigenvalue weighted by atomic mass is 10.0. The first-order chi connectivity index (χ1) is 12.6. The van der Waals surface area contributed by atoms with Crippen LogP contribution in [0.3, 0.4) is 0 Å². The topological polar surface area (TPSA) is 42.0 Å². The third kappa shape index (κ3) is 3.51. The summed E-state index contributed by atoms with van der Waals surface area (Å²) in [6.45, 7) is 2.06. The lowest BCUT2D eigenvalue weighted by Gasteiger charge is -2.15. The maximum atomic E-state index is 13.0. The molecule has 1 aliphatic rings. The van der Waals surface area contributed by atoms with Gasteiger partial charge in [0.1, 0.15) is 0 Å². The SMILES string of the molecule is Cc1cccc(-c2cc(C(=O)NC3CCCC3)c3cc(Br)ccc3n2)c1. The Bertz CT molecular complexity index is 977. The fraction of sp³-hybridized carbons (Fsp3) is 0.273. The van der Waals surface area contributed by atoms with Crippen molar-refractivity contribution < 1.29 is 4.79 Å². The first kappa shape index (κ1) is 17.2. The first-order valence-corrected chi connectivity index (χ1v) is 9.88. The summed E-state index contributed by atoms with van der Waals surface area (Å²) < 4.78 is 0.949. The summed E-state index contributed by atoms with van der Waals surface area (Å²) in [5.41, 5.74) is 4.57. The van der Waals surface area contributed by atoms with Gasteiger partial charge in [0.2, 0.25) is 0 Å². The highest BCUT2D eigenvalue weighted by Gasteiger charge is 2.20. The van der Waals surface area contributed by atoms with Crippen LogP contribution in [0.1, 0.15) is 41.6 Å². The number of pyridine rings is 1. The Balaban J connectivity index is 1.82. The molecule has 3 nitrogen and oxygen atoms in total. The number of hydrogen-bond acceptors (Lipinski definition) is 2. The van der Waals surface area contributed by atoms with E-state index in [1.807, 2.05) is 36.4 Å². The molecule has 4 heteroatoms. The van der Waals surface area contributed by atoms with Crippen molar-refractivity contribution in [3.05, 3.63) is 64.1 Å². The van der Waals surface area contributed by atoms with Gasteiger partial charge in [-0.05, 0) is 50.1 Å². The fourth-order valence-corrected chi connectivity index (χ4v) is 4.03. The van der Waals surface area contributed by atoms with Crippen LogP contribution in [0.4, 0.5) is 0 Å². The average molecular weight is 409 g/mol. The molecule has 1 amide bonds. The van der Waals surface area contributed by atoms with Gasteiger partial charge in [0.05, 0.1) is 16.8 Å². The highest BCUT2D eigenvalue weighted by atomic mass is 79.9. The van der Waals surface area contributed by atoms with Gasteiger partial charge in [-0.25, -0.2) is 4.98 Å². The number of rotatable bonds is 3. The zero-order chi connectivity index (χ0) is 18.1. The Kier molecular flexibility index (Phi) is 4.77. The van der Waals surface area contributed by atoms with Crippen LogP contribution < -0.4 is 5.32 Å². The van der Waals surface area contributed by atoms with Gasteiger partial charge >= 0.3 is 0 Å². The summed E-state index contributed by atoms with van der Waals surface area (Å²) in [6.07, 6.45) is 4.54. The molecule has 1 N–H and O–H groups in total. The minimum Gasteiger partial charge on any atom is -0.349 e. The van der Waals surface area contributed by atoms with Crippen molar-refractivity contribution in [2.45, 2.75) is 38.6 Å². The van der Waals surface area contributed by atoms with E-state index in [0.29, 0.717) is 11.6 Å². The predicted molar refractivity (Wildman–Crippen MR) is 109 cm³/mol. The van der Waals surface area contributed by atoms with Gasteiger partial charge in [-0.2, -0.15) is 0 Å². The summed E-state index contributed by atoms with van der Waals surface area (Å²) in [5.74, 6) is -0.00342. The Morgan fingerprint density at radius 3 is 2.69 bits per heavy atom. The average Bonchev–Trinajstić information content (AvgIpc) is 3.13. The smallest absolute Gasteiger partial charge is 0.252 e. The summed E-state index contributed by atoms with van der Waals surface area (Å²) in [5, 5.41) is 4.10. The van der Waals surface area contributed by atoms with E-state index in [0.717, 1.165) is 39.5 Å². The maximum absolute atomic E-state index is 13.0. The van der Waals surface area contributed by atoms with Crippen molar-refractivity contribution in [1.29, 1.82) is 0 Å². The molecule has 132 valence electrons. The third-order valence-corrected chi connectivity index (χ3v) is 5.51. The molecule has 0 bridgehead atoms. The number of amides is 1. The number of carbonyl (C=O) groups is 1. The number of hydrogen-bond donors (Lipinski definition) is 1. The van der Waals surface area contributed by atoms with Crippen LogP contribution in [0, 0.1) is 6.92 Å². The number of halogens is 1. The standard InChI is InChI=1S/C22H21BrN2O/c1-14-5-4-6-15(11-14)21-13-19(22(26)24-17-7-2-3-8-17)18-12-16(23)9-10-20(18)25-21/h4-6,9-13,17H,2-3,7-8H2,1H3,(H,24,26). The molecular weight excluding hydrogens is 388 g/mol. The molecule has 0 unspecified atom stereocenters. The fourth-order valence-electron chi connectivity index (χ4n) is 3.67. The lowest BCUT2D eigenvalue weighted by Crippen LogP contribution is -2.32.